The minimum atomic E-state index is -4.71. The van der Waals surface area contributed by atoms with Crippen LogP contribution in [0.4, 0.5) is 24.5 Å². The molecule has 15 heteroatoms. The lowest BCUT2D eigenvalue weighted by molar-refractivity contribution is -0.137. The Kier molecular flexibility index (Phi) is 7.91. The van der Waals surface area contributed by atoms with Crippen molar-refractivity contribution in [3.8, 4) is 11.5 Å². The first kappa shape index (κ1) is 30.7. The third kappa shape index (κ3) is 5.57. The van der Waals surface area contributed by atoms with E-state index in [2.05, 4.69) is 5.32 Å². The SMILES string of the molecule is COc1cc([C@@H]2c3sc(=O)n(CC(=O)Nc4ccc(Cl)cc4)c3SC3C(=O)N(c4cccc(C(F)(F)F)c4)C(=O)C32)ccc1O. The minimum absolute atomic E-state index is 0.0736. The number of imide groups is 1. The number of carbonyl (C=O) groups excluding carboxylic acids is 3. The van der Waals surface area contributed by atoms with Crippen LogP contribution in [-0.2, 0) is 27.1 Å². The van der Waals surface area contributed by atoms with Crippen molar-refractivity contribution >= 4 is 63.8 Å². The van der Waals surface area contributed by atoms with E-state index in [9.17, 15) is 37.5 Å². The fourth-order valence-corrected chi connectivity index (χ4v) is 8.35. The van der Waals surface area contributed by atoms with Crippen molar-refractivity contribution in [2.24, 2.45) is 5.92 Å². The van der Waals surface area contributed by atoms with Crippen LogP contribution in [-0.4, -0.2) is 39.8 Å². The summed E-state index contributed by atoms with van der Waals surface area (Å²) in [7, 11) is 1.33. The number of amides is 3. The fraction of sp³-hybridized carbons (Fsp3) is 0.200. The Morgan fingerprint density at radius 1 is 1.04 bits per heavy atom. The van der Waals surface area contributed by atoms with Crippen molar-refractivity contribution in [3.63, 3.8) is 0 Å². The van der Waals surface area contributed by atoms with Crippen molar-refractivity contribution in [3.05, 3.63) is 97.4 Å². The molecule has 3 heterocycles. The average molecular weight is 676 g/mol. The van der Waals surface area contributed by atoms with Gasteiger partial charge in [-0.15, -0.1) is 0 Å². The van der Waals surface area contributed by atoms with E-state index in [0.29, 0.717) is 21.2 Å². The topological polar surface area (TPSA) is 118 Å². The highest BCUT2D eigenvalue weighted by molar-refractivity contribution is 8.00. The number of anilines is 2. The summed E-state index contributed by atoms with van der Waals surface area (Å²) in [5.74, 6) is -4.19. The molecule has 3 amide bonds. The number of alkyl halides is 3. The van der Waals surface area contributed by atoms with Gasteiger partial charge in [0.25, 0.3) is 0 Å². The predicted octanol–water partition coefficient (Wildman–Crippen LogP) is 5.73. The van der Waals surface area contributed by atoms with E-state index < -0.39 is 58.0 Å². The number of thioether (sulfide) groups is 1. The first-order valence-electron chi connectivity index (χ1n) is 13.2. The number of halogens is 4. The molecule has 2 aliphatic rings. The highest BCUT2D eigenvalue weighted by Crippen LogP contribution is 2.54. The zero-order valence-electron chi connectivity index (χ0n) is 23.0. The molecule has 0 bridgehead atoms. The van der Waals surface area contributed by atoms with Gasteiger partial charge in [0.2, 0.25) is 17.7 Å². The molecule has 1 saturated heterocycles. The second-order valence-electron chi connectivity index (χ2n) is 10.2. The average Bonchev–Trinajstić information content (AvgIpc) is 3.44. The smallest absolute Gasteiger partial charge is 0.416 e. The largest absolute Gasteiger partial charge is 0.504 e. The maximum absolute atomic E-state index is 14.0. The Bertz CT molecular complexity index is 1910. The number of hydrogen-bond donors (Lipinski definition) is 2. The number of aromatic nitrogens is 1. The Labute approximate surface area is 266 Å². The molecule has 3 atom stereocenters. The van der Waals surface area contributed by atoms with Gasteiger partial charge in [-0.05, 0) is 60.2 Å². The Morgan fingerprint density at radius 2 is 1.78 bits per heavy atom. The summed E-state index contributed by atoms with van der Waals surface area (Å²) in [6.07, 6.45) is -4.71. The monoisotopic (exact) mass is 675 g/mol. The third-order valence-electron chi connectivity index (χ3n) is 7.47. The summed E-state index contributed by atoms with van der Waals surface area (Å²) in [6.45, 7) is -0.414. The second-order valence-corrected chi connectivity index (χ2v) is 12.8. The molecule has 0 aliphatic carbocycles. The molecule has 1 fully saturated rings. The molecule has 2 aliphatic heterocycles. The maximum atomic E-state index is 14.0. The number of benzene rings is 3. The maximum Gasteiger partial charge on any atom is 0.416 e. The van der Waals surface area contributed by atoms with Crippen LogP contribution in [0.15, 0.2) is 76.6 Å². The van der Waals surface area contributed by atoms with Gasteiger partial charge in [-0.25, -0.2) is 4.90 Å². The number of aromatic hydroxyl groups is 1. The van der Waals surface area contributed by atoms with Gasteiger partial charge in [-0.2, -0.15) is 13.2 Å². The van der Waals surface area contributed by atoms with Gasteiger partial charge in [0, 0.05) is 21.5 Å². The van der Waals surface area contributed by atoms with Crippen LogP contribution in [0.25, 0.3) is 0 Å². The van der Waals surface area contributed by atoms with E-state index in [-0.39, 0.29) is 22.2 Å². The fourth-order valence-electron chi connectivity index (χ4n) is 5.46. The number of hydrogen-bond acceptors (Lipinski definition) is 8. The third-order valence-corrected chi connectivity index (χ3v) is 10.3. The number of methoxy groups -OCH3 is 1. The van der Waals surface area contributed by atoms with Crippen LogP contribution in [0.2, 0.25) is 5.02 Å². The van der Waals surface area contributed by atoms with Gasteiger partial charge in [0.15, 0.2) is 11.5 Å². The summed E-state index contributed by atoms with van der Waals surface area (Å²) in [5.41, 5.74) is -0.397. The van der Waals surface area contributed by atoms with Gasteiger partial charge >= 0.3 is 11.0 Å². The molecule has 232 valence electrons. The lowest BCUT2D eigenvalue weighted by Crippen LogP contribution is -2.33. The van der Waals surface area contributed by atoms with E-state index >= 15 is 0 Å². The zero-order chi connectivity index (χ0) is 32.2. The lowest BCUT2D eigenvalue weighted by Gasteiger charge is -2.31. The van der Waals surface area contributed by atoms with Crippen LogP contribution in [0.5, 0.6) is 11.5 Å². The molecular formula is C30H21ClF3N3O6S2. The highest BCUT2D eigenvalue weighted by atomic mass is 35.5. The number of nitrogens with zero attached hydrogens (tertiary/aromatic N) is 2. The summed E-state index contributed by atoms with van der Waals surface area (Å²) in [5, 5.41) is 12.5. The van der Waals surface area contributed by atoms with Crippen molar-refractivity contribution < 1.29 is 37.4 Å². The Hall–Kier alpha value is -4.27. The standard InChI is InChI=1S/C30H21ClF3N3O6S2/c1-43-20-11-14(5-10-19(20)38)22-23-24(27(41)37(26(23)40)18-4-2-3-15(12-18)30(32,33)34)44-28-25(22)45-29(42)36(28)13-21(39)35-17-8-6-16(31)7-9-17/h2-12,22-24,38H,13H2,1H3,(H,35,39)/t22-,23?,24?/m0/s1. The number of carbonyl (C=O) groups is 3. The van der Waals surface area contributed by atoms with Crippen molar-refractivity contribution in [1.82, 2.24) is 4.57 Å². The normalized spacial score (nSPS) is 19.3. The van der Waals surface area contributed by atoms with Crippen molar-refractivity contribution in [2.75, 3.05) is 17.3 Å². The number of nitrogens with one attached hydrogen (secondary N) is 1. The summed E-state index contributed by atoms with van der Waals surface area (Å²) in [6, 6.07) is 14.6. The minimum Gasteiger partial charge on any atom is -0.504 e. The summed E-state index contributed by atoms with van der Waals surface area (Å²) < 4.78 is 47.0. The van der Waals surface area contributed by atoms with E-state index in [1.54, 1.807) is 24.3 Å². The van der Waals surface area contributed by atoms with E-state index in [0.717, 1.165) is 46.2 Å². The lowest BCUT2D eigenvalue weighted by atomic mass is 9.83. The molecule has 45 heavy (non-hydrogen) atoms. The molecule has 0 saturated carbocycles. The molecule has 2 N–H and O–H groups in total. The van der Waals surface area contributed by atoms with Crippen LogP contribution >= 0.6 is 34.7 Å². The van der Waals surface area contributed by atoms with Crippen molar-refractivity contribution in [2.45, 2.75) is 28.9 Å². The first-order chi connectivity index (χ1) is 21.4. The molecular weight excluding hydrogens is 655 g/mol. The molecule has 3 aromatic carbocycles. The summed E-state index contributed by atoms with van der Waals surface area (Å²) >= 11 is 7.63. The number of fused-ring (bicyclic) bond motifs is 2. The predicted molar refractivity (Wildman–Crippen MR) is 162 cm³/mol. The van der Waals surface area contributed by atoms with Gasteiger partial charge in [0.05, 0.1) is 29.3 Å². The van der Waals surface area contributed by atoms with Crippen LogP contribution in [0.1, 0.15) is 21.9 Å². The molecule has 1 aromatic heterocycles. The van der Waals surface area contributed by atoms with Crippen LogP contribution < -0.4 is 19.8 Å². The van der Waals surface area contributed by atoms with Crippen molar-refractivity contribution in [1.29, 1.82) is 0 Å². The second kappa shape index (κ2) is 11.6. The van der Waals surface area contributed by atoms with Gasteiger partial charge in [-0.3, -0.25) is 23.7 Å². The Morgan fingerprint density at radius 3 is 2.47 bits per heavy atom. The first-order valence-corrected chi connectivity index (χ1v) is 15.3. The zero-order valence-corrected chi connectivity index (χ0v) is 25.4. The number of rotatable bonds is 6. The van der Waals surface area contributed by atoms with E-state index in [1.807, 2.05) is 0 Å². The highest BCUT2D eigenvalue weighted by Gasteiger charge is 2.57. The molecule has 4 aromatic rings. The van der Waals surface area contributed by atoms with E-state index in [1.165, 1.54) is 35.9 Å². The molecule has 0 spiro atoms. The molecule has 2 unspecified atom stereocenters. The number of thiazole rings is 1. The van der Waals surface area contributed by atoms with E-state index in [4.69, 9.17) is 16.3 Å². The van der Waals surface area contributed by atoms with Crippen LogP contribution in [0.3, 0.4) is 0 Å². The Balaban J connectivity index is 1.43. The number of phenols is 1. The molecule has 6 rings (SSSR count). The molecule has 0 radical (unpaired) electrons. The van der Waals surface area contributed by atoms with Crippen LogP contribution in [0, 0.1) is 5.92 Å². The summed E-state index contributed by atoms with van der Waals surface area (Å²) in [4.78, 5) is 54.8. The quantitative estimate of drug-likeness (QED) is 0.251. The number of phenolic OH excluding ortho intramolecular Hbond substituents is 1. The van der Waals surface area contributed by atoms with Gasteiger partial charge in [0.1, 0.15) is 11.8 Å². The number of ether oxygens (including phenoxy) is 1. The van der Waals surface area contributed by atoms with Gasteiger partial charge in [-0.1, -0.05) is 46.8 Å². The van der Waals surface area contributed by atoms with Gasteiger partial charge < -0.3 is 15.2 Å². The molecule has 9 nitrogen and oxygen atoms in total.